The second-order valence-electron chi connectivity index (χ2n) is 1.93. The van der Waals surface area contributed by atoms with Gasteiger partial charge in [-0.1, -0.05) is 15.9 Å². The van der Waals surface area contributed by atoms with Crippen molar-refractivity contribution in [2.24, 2.45) is 0 Å². The quantitative estimate of drug-likeness (QED) is 0.499. The summed E-state index contributed by atoms with van der Waals surface area (Å²) in [5, 5.41) is 0. The number of hydrogen-bond donors (Lipinski definition) is 0. The van der Waals surface area contributed by atoms with Crippen LogP contribution in [0, 0.1) is 3.70 Å². The van der Waals surface area contributed by atoms with Crippen LogP contribution in [-0.4, -0.2) is 4.98 Å². The predicted octanol–water partition coefficient (Wildman–Crippen LogP) is 4.15. The monoisotopic (exact) mass is 411 g/mol. The summed E-state index contributed by atoms with van der Waals surface area (Å²) in [7, 11) is 0. The van der Waals surface area contributed by atoms with Crippen molar-refractivity contribution in [1.29, 1.82) is 0 Å². The summed E-state index contributed by atoms with van der Waals surface area (Å²) in [6.07, 6.45) is -2.49. The first-order chi connectivity index (χ1) is 5.52. The Kier molecular flexibility index (Phi) is 3.84. The third kappa shape index (κ3) is 2.35. The fraction of sp³-hybridized carbons (Fsp3) is 0.167. The molecule has 0 fully saturated rings. The first-order valence-corrected chi connectivity index (χ1v) is 5.48. The van der Waals surface area contributed by atoms with Gasteiger partial charge in [-0.25, -0.2) is 13.8 Å². The molecule has 0 aliphatic heterocycles. The van der Waals surface area contributed by atoms with E-state index in [0.717, 1.165) is 0 Å². The predicted molar refractivity (Wildman–Crippen MR) is 57.3 cm³/mol. The molecule has 1 heterocycles. The van der Waals surface area contributed by atoms with Gasteiger partial charge in [-0.2, -0.15) is 0 Å². The number of aromatic nitrogens is 1. The van der Waals surface area contributed by atoms with E-state index in [1.807, 2.05) is 0 Å². The second kappa shape index (κ2) is 4.28. The van der Waals surface area contributed by atoms with Gasteiger partial charge in [-0.05, 0) is 44.6 Å². The minimum absolute atomic E-state index is 0.0567. The van der Waals surface area contributed by atoms with E-state index in [2.05, 4.69) is 36.8 Å². The van der Waals surface area contributed by atoms with Crippen molar-refractivity contribution in [2.75, 3.05) is 0 Å². The third-order valence-corrected chi connectivity index (χ3v) is 3.03. The third-order valence-electron chi connectivity index (χ3n) is 1.15. The number of nitrogens with zero attached hydrogens (tertiary/aromatic N) is 1. The fourth-order valence-corrected chi connectivity index (χ4v) is 3.44. The van der Waals surface area contributed by atoms with E-state index in [9.17, 15) is 8.78 Å². The van der Waals surface area contributed by atoms with E-state index in [0.29, 0.717) is 12.8 Å². The van der Waals surface area contributed by atoms with Gasteiger partial charge in [0.1, 0.15) is 8.30 Å². The van der Waals surface area contributed by atoms with Crippen molar-refractivity contribution in [1.82, 2.24) is 4.98 Å². The Bertz CT molecular complexity index is 283. The van der Waals surface area contributed by atoms with Gasteiger partial charge in [-0.3, -0.25) is 0 Å². The summed E-state index contributed by atoms with van der Waals surface area (Å²) >= 11 is 7.92. The van der Waals surface area contributed by atoms with Crippen LogP contribution in [0.1, 0.15) is 12.0 Å². The molecule has 1 aromatic heterocycles. The maximum Gasteiger partial charge on any atom is 0.267 e. The minimum atomic E-state index is -2.49. The highest BCUT2D eigenvalue weighted by Gasteiger charge is 2.17. The van der Waals surface area contributed by atoms with Crippen LogP contribution in [0.4, 0.5) is 8.78 Å². The molecule has 1 nitrogen and oxygen atoms in total. The molecular formula is C6H2Br2F2IN. The van der Waals surface area contributed by atoms with Crippen LogP contribution >= 0.6 is 54.5 Å². The second-order valence-corrected chi connectivity index (χ2v) is 4.62. The highest BCUT2D eigenvalue weighted by Crippen LogP contribution is 2.32. The molecule has 0 aliphatic rings. The first kappa shape index (κ1) is 10.8. The molecule has 12 heavy (non-hydrogen) atoms. The van der Waals surface area contributed by atoms with Crippen LogP contribution in [0.25, 0.3) is 0 Å². The Morgan fingerprint density at radius 2 is 2.00 bits per heavy atom. The number of hydrogen-bond acceptors (Lipinski definition) is 1. The summed E-state index contributed by atoms with van der Waals surface area (Å²) in [6.45, 7) is 0. The molecule has 0 bridgehead atoms. The van der Waals surface area contributed by atoms with Gasteiger partial charge < -0.3 is 0 Å². The maximum atomic E-state index is 12.3. The zero-order chi connectivity index (χ0) is 9.30. The van der Waals surface area contributed by atoms with Crippen LogP contribution in [-0.2, 0) is 0 Å². The molecule has 0 radical (unpaired) electrons. The van der Waals surface area contributed by atoms with Crippen LogP contribution in [0.2, 0.25) is 0 Å². The molecule has 0 amide bonds. The van der Waals surface area contributed by atoms with E-state index in [1.54, 1.807) is 22.6 Å². The molecule has 6 heteroatoms. The minimum Gasteiger partial charge on any atom is -0.234 e. The summed E-state index contributed by atoms with van der Waals surface area (Å²) in [5.74, 6) is 0. The molecule has 0 saturated carbocycles. The maximum absolute atomic E-state index is 12.3. The Labute approximate surface area is 98.3 Å². The number of rotatable bonds is 1. The van der Waals surface area contributed by atoms with Gasteiger partial charge in [0.25, 0.3) is 6.43 Å². The van der Waals surface area contributed by atoms with E-state index in [1.165, 1.54) is 6.07 Å². The molecule has 1 rings (SSSR count). The van der Waals surface area contributed by atoms with Crippen molar-refractivity contribution in [3.8, 4) is 0 Å². The van der Waals surface area contributed by atoms with Gasteiger partial charge in [0.2, 0.25) is 0 Å². The van der Waals surface area contributed by atoms with Gasteiger partial charge in [0.15, 0.2) is 0 Å². The fourth-order valence-electron chi connectivity index (χ4n) is 0.661. The molecule has 0 saturated heterocycles. The Morgan fingerprint density at radius 1 is 1.42 bits per heavy atom. The molecule has 1 aromatic rings. The SMILES string of the molecule is FC(F)c1c(Br)cc(Br)nc1I. The van der Waals surface area contributed by atoms with Crippen molar-refractivity contribution in [2.45, 2.75) is 6.43 Å². The standard InChI is InChI=1S/C6H2Br2F2IN/c7-2-1-3(8)12-6(11)4(2)5(9)10/h1,5H. The van der Waals surface area contributed by atoms with Gasteiger partial charge in [0, 0.05) is 4.47 Å². The molecule has 0 N–H and O–H groups in total. The summed E-state index contributed by atoms with van der Waals surface area (Å²) < 4.78 is 25.9. The number of pyridine rings is 1. The lowest BCUT2D eigenvalue weighted by molar-refractivity contribution is 0.149. The first-order valence-electron chi connectivity index (χ1n) is 2.82. The van der Waals surface area contributed by atoms with E-state index in [4.69, 9.17) is 0 Å². The zero-order valence-electron chi connectivity index (χ0n) is 5.49. The van der Waals surface area contributed by atoms with Gasteiger partial charge >= 0.3 is 0 Å². The molecular weight excluding hydrogens is 411 g/mol. The van der Waals surface area contributed by atoms with Crippen LogP contribution in [0.5, 0.6) is 0 Å². The Balaban J connectivity index is 3.28. The lowest BCUT2D eigenvalue weighted by atomic mass is 10.3. The highest BCUT2D eigenvalue weighted by molar-refractivity contribution is 14.1. The van der Waals surface area contributed by atoms with Crippen molar-refractivity contribution >= 4 is 54.5 Å². The normalized spacial score (nSPS) is 10.8. The average molecular weight is 413 g/mol. The summed E-state index contributed by atoms with van der Waals surface area (Å²) in [4.78, 5) is 3.85. The summed E-state index contributed by atoms with van der Waals surface area (Å²) in [5.41, 5.74) is -0.0567. The largest absolute Gasteiger partial charge is 0.267 e. The highest BCUT2D eigenvalue weighted by atomic mass is 127. The Hall–Kier alpha value is 0.700. The molecule has 0 aromatic carbocycles. The number of halogens is 5. The van der Waals surface area contributed by atoms with Crippen LogP contribution in [0.3, 0.4) is 0 Å². The van der Waals surface area contributed by atoms with Gasteiger partial charge in [-0.15, -0.1) is 0 Å². The lowest BCUT2D eigenvalue weighted by Gasteiger charge is -2.05. The smallest absolute Gasteiger partial charge is 0.234 e. The van der Waals surface area contributed by atoms with E-state index in [-0.39, 0.29) is 5.56 Å². The molecule has 66 valence electrons. The zero-order valence-corrected chi connectivity index (χ0v) is 10.8. The lowest BCUT2D eigenvalue weighted by Crippen LogP contribution is -1.95. The van der Waals surface area contributed by atoms with Gasteiger partial charge in [0.05, 0.1) is 5.56 Å². The Morgan fingerprint density at radius 3 is 2.42 bits per heavy atom. The molecule has 0 unspecified atom stereocenters. The van der Waals surface area contributed by atoms with E-state index < -0.39 is 6.43 Å². The topological polar surface area (TPSA) is 12.9 Å². The average Bonchev–Trinajstić information content (AvgIpc) is 1.82. The van der Waals surface area contributed by atoms with Crippen LogP contribution < -0.4 is 0 Å². The van der Waals surface area contributed by atoms with E-state index >= 15 is 0 Å². The van der Waals surface area contributed by atoms with Crippen LogP contribution in [0.15, 0.2) is 15.1 Å². The molecule has 0 aliphatic carbocycles. The van der Waals surface area contributed by atoms with Crippen molar-refractivity contribution in [3.05, 3.63) is 24.4 Å². The molecule has 0 spiro atoms. The van der Waals surface area contributed by atoms with Crippen molar-refractivity contribution in [3.63, 3.8) is 0 Å². The molecule has 0 atom stereocenters. The summed E-state index contributed by atoms with van der Waals surface area (Å²) in [6, 6.07) is 1.50. The number of alkyl halides is 2. The van der Waals surface area contributed by atoms with Crippen molar-refractivity contribution < 1.29 is 8.78 Å².